The van der Waals surface area contributed by atoms with Crippen molar-refractivity contribution in [1.29, 1.82) is 0 Å². The summed E-state index contributed by atoms with van der Waals surface area (Å²) >= 11 is 0. The third-order valence-electron chi connectivity index (χ3n) is 5.84. The molecule has 1 fully saturated rings. The monoisotopic (exact) mass is 434 g/mol. The molecule has 1 saturated carbocycles. The Morgan fingerprint density at radius 2 is 1.84 bits per heavy atom. The number of hydrogen-bond acceptors (Lipinski definition) is 6. The second-order valence-electron chi connectivity index (χ2n) is 7.91. The van der Waals surface area contributed by atoms with Gasteiger partial charge in [0.25, 0.3) is 0 Å². The number of nitrogens with zero attached hydrogens (tertiary/aromatic N) is 2. The number of carbonyl (C=O) groups is 2. The summed E-state index contributed by atoms with van der Waals surface area (Å²) in [6, 6.07) is 16.7. The van der Waals surface area contributed by atoms with E-state index in [-0.39, 0.29) is 36.1 Å². The van der Waals surface area contributed by atoms with Crippen LogP contribution >= 0.6 is 0 Å². The molecule has 1 aliphatic carbocycles. The van der Waals surface area contributed by atoms with E-state index in [4.69, 9.17) is 9.26 Å². The van der Waals surface area contributed by atoms with Crippen LogP contribution in [0, 0.1) is 5.92 Å². The fourth-order valence-corrected chi connectivity index (χ4v) is 4.17. The minimum absolute atomic E-state index is 0.0512. The SMILES string of the molecule is CNC(=O)C1CC(NC(=O)Cc2ccc(OC)cc2)C(c2nc(-c3ccccc3)no2)C1. The molecular formula is C24H26N4O4. The normalized spacial score (nSPS) is 20.0. The maximum absolute atomic E-state index is 12.8. The van der Waals surface area contributed by atoms with Gasteiger partial charge in [-0.3, -0.25) is 9.59 Å². The van der Waals surface area contributed by atoms with Crippen molar-refractivity contribution < 1.29 is 18.8 Å². The van der Waals surface area contributed by atoms with E-state index >= 15 is 0 Å². The van der Waals surface area contributed by atoms with Crippen LogP contribution in [-0.4, -0.2) is 42.2 Å². The third-order valence-corrected chi connectivity index (χ3v) is 5.84. The van der Waals surface area contributed by atoms with Gasteiger partial charge in [0.2, 0.25) is 23.5 Å². The van der Waals surface area contributed by atoms with Gasteiger partial charge in [-0.05, 0) is 30.5 Å². The first-order valence-corrected chi connectivity index (χ1v) is 10.6. The molecule has 0 radical (unpaired) electrons. The molecule has 8 heteroatoms. The smallest absolute Gasteiger partial charge is 0.232 e. The highest BCUT2D eigenvalue weighted by atomic mass is 16.5. The molecule has 3 aromatic rings. The largest absolute Gasteiger partial charge is 0.497 e. The molecule has 166 valence electrons. The molecule has 3 atom stereocenters. The Bertz CT molecular complexity index is 1070. The van der Waals surface area contributed by atoms with Crippen LogP contribution in [0.25, 0.3) is 11.4 Å². The molecular weight excluding hydrogens is 408 g/mol. The summed E-state index contributed by atoms with van der Waals surface area (Å²) in [5.41, 5.74) is 1.73. The number of benzene rings is 2. The molecule has 0 spiro atoms. The third kappa shape index (κ3) is 4.80. The van der Waals surface area contributed by atoms with Gasteiger partial charge >= 0.3 is 0 Å². The van der Waals surface area contributed by atoms with E-state index in [0.717, 1.165) is 16.9 Å². The lowest BCUT2D eigenvalue weighted by atomic mass is 10.0. The maximum atomic E-state index is 12.8. The van der Waals surface area contributed by atoms with Gasteiger partial charge in [-0.15, -0.1) is 0 Å². The molecule has 1 aliphatic rings. The number of nitrogens with one attached hydrogen (secondary N) is 2. The second kappa shape index (κ2) is 9.64. The van der Waals surface area contributed by atoms with Crippen molar-refractivity contribution in [2.75, 3.05) is 14.2 Å². The van der Waals surface area contributed by atoms with Gasteiger partial charge in [0, 0.05) is 24.6 Å². The van der Waals surface area contributed by atoms with Crippen LogP contribution in [0.5, 0.6) is 5.75 Å². The van der Waals surface area contributed by atoms with Crippen molar-refractivity contribution >= 4 is 11.8 Å². The quantitative estimate of drug-likeness (QED) is 0.592. The average Bonchev–Trinajstić information content (AvgIpc) is 3.47. The number of carbonyl (C=O) groups excluding carboxylic acids is 2. The lowest BCUT2D eigenvalue weighted by molar-refractivity contribution is -0.125. The van der Waals surface area contributed by atoms with Crippen molar-refractivity contribution in [1.82, 2.24) is 20.8 Å². The minimum Gasteiger partial charge on any atom is -0.497 e. The number of amides is 2. The van der Waals surface area contributed by atoms with Gasteiger partial charge < -0.3 is 19.9 Å². The second-order valence-corrected chi connectivity index (χ2v) is 7.91. The first kappa shape index (κ1) is 21.5. The average molecular weight is 434 g/mol. The van der Waals surface area contributed by atoms with Gasteiger partial charge in [-0.1, -0.05) is 47.6 Å². The Morgan fingerprint density at radius 3 is 2.53 bits per heavy atom. The summed E-state index contributed by atoms with van der Waals surface area (Å²) in [4.78, 5) is 29.6. The highest BCUT2D eigenvalue weighted by molar-refractivity contribution is 5.81. The van der Waals surface area contributed by atoms with Crippen molar-refractivity contribution in [3.8, 4) is 17.1 Å². The first-order valence-electron chi connectivity index (χ1n) is 10.6. The molecule has 4 rings (SSSR count). The fraction of sp³-hybridized carbons (Fsp3) is 0.333. The van der Waals surface area contributed by atoms with Gasteiger partial charge in [-0.25, -0.2) is 0 Å². The summed E-state index contributed by atoms with van der Waals surface area (Å²) in [7, 11) is 3.22. The van der Waals surface area contributed by atoms with Gasteiger partial charge in [-0.2, -0.15) is 4.98 Å². The summed E-state index contributed by atoms with van der Waals surface area (Å²) in [5.74, 6) is 1.03. The predicted molar refractivity (Wildman–Crippen MR) is 118 cm³/mol. The molecule has 2 N–H and O–H groups in total. The van der Waals surface area contributed by atoms with Crippen LogP contribution < -0.4 is 15.4 Å². The van der Waals surface area contributed by atoms with Crippen molar-refractivity contribution in [3.05, 3.63) is 66.1 Å². The highest BCUT2D eigenvalue weighted by Gasteiger charge is 2.42. The number of methoxy groups -OCH3 is 1. The summed E-state index contributed by atoms with van der Waals surface area (Å²) in [6.07, 6.45) is 1.28. The topological polar surface area (TPSA) is 106 Å². The molecule has 32 heavy (non-hydrogen) atoms. The lowest BCUT2D eigenvalue weighted by Crippen LogP contribution is -2.38. The van der Waals surface area contributed by atoms with Crippen LogP contribution in [0.15, 0.2) is 59.1 Å². The van der Waals surface area contributed by atoms with Crippen molar-refractivity contribution in [3.63, 3.8) is 0 Å². The van der Waals surface area contributed by atoms with E-state index in [1.807, 2.05) is 54.6 Å². The zero-order chi connectivity index (χ0) is 22.5. The van der Waals surface area contributed by atoms with Crippen molar-refractivity contribution in [2.24, 2.45) is 5.92 Å². The predicted octanol–water partition coefficient (Wildman–Crippen LogP) is 2.71. The van der Waals surface area contributed by atoms with E-state index in [9.17, 15) is 9.59 Å². The molecule has 0 aliphatic heterocycles. The molecule has 0 bridgehead atoms. The standard InChI is InChI=1S/C24H26N4O4/c1-25-23(30)17-13-19(24-27-22(28-32-24)16-6-4-3-5-7-16)20(14-17)26-21(29)12-15-8-10-18(31-2)11-9-15/h3-11,17,19-20H,12-14H2,1-2H3,(H,25,30)(H,26,29). The van der Waals surface area contributed by atoms with Gasteiger partial charge in [0.1, 0.15) is 5.75 Å². The van der Waals surface area contributed by atoms with Crippen LogP contribution in [0.4, 0.5) is 0 Å². The zero-order valence-electron chi connectivity index (χ0n) is 18.1. The van der Waals surface area contributed by atoms with E-state index in [0.29, 0.717) is 24.6 Å². The zero-order valence-corrected chi connectivity index (χ0v) is 18.1. The summed E-state index contributed by atoms with van der Waals surface area (Å²) in [6.45, 7) is 0. The molecule has 2 amide bonds. The number of aromatic nitrogens is 2. The number of hydrogen-bond donors (Lipinski definition) is 2. The van der Waals surface area contributed by atoms with E-state index in [2.05, 4.69) is 20.8 Å². The molecule has 2 aromatic carbocycles. The van der Waals surface area contributed by atoms with Gasteiger partial charge in [0.05, 0.1) is 19.4 Å². The van der Waals surface area contributed by atoms with E-state index < -0.39 is 0 Å². The van der Waals surface area contributed by atoms with Gasteiger partial charge in [0.15, 0.2) is 0 Å². The molecule has 1 aromatic heterocycles. The Morgan fingerprint density at radius 1 is 1.09 bits per heavy atom. The van der Waals surface area contributed by atoms with E-state index in [1.165, 1.54) is 0 Å². The van der Waals surface area contributed by atoms with Crippen molar-refractivity contribution in [2.45, 2.75) is 31.2 Å². The Labute approximate surface area is 186 Å². The molecule has 3 unspecified atom stereocenters. The number of ether oxygens (including phenoxy) is 1. The Balaban J connectivity index is 1.49. The highest BCUT2D eigenvalue weighted by Crippen LogP contribution is 2.38. The lowest BCUT2D eigenvalue weighted by Gasteiger charge is -2.18. The minimum atomic E-state index is -0.271. The fourth-order valence-electron chi connectivity index (χ4n) is 4.17. The molecule has 0 saturated heterocycles. The Kier molecular flexibility index (Phi) is 6.49. The van der Waals surface area contributed by atoms with Crippen LogP contribution in [-0.2, 0) is 16.0 Å². The maximum Gasteiger partial charge on any atom is 0.232 e. The van der Waals surface area contributed by atoms with E-state index in [1.54, 1.807) is 14.2 Å². The van der Waals surface area contributed by atoms with Crippen LogP contribution in [0.2, 0.25) is 0 Å². The molecule has 8 nitrogen and oxygen atoms in total. The Hall–Kier alpha value is -3.68. The summed E-state index contributed by atoms with van der Waals surface area (Å²) < 4.78 is 10.7. The first-order chi connectivity index (χ1) is 15.6. The molecule has 1 heterocycles. The van der Waals surface area contributed by atoms with Crippen LogP contribution in [0.1, 0.15) is 30.2 Å². The number of rotatable bonds is 7. The summed E-state index contributed by atoms with van der Waals surface area (Å²) in [5, 5.41) is 9.90. The van der Waals surface area contributed by atoms with Crippen LogP contribution in [0.3, 0.4) is 0 Å².